The minimum atomic E-state index is -4.40. The summed E-state index contributed by atoms with van der Waals surface area (Å²) in [6.45, 7) is 6.03. The Hall–Kier alpha value is -1.31. The van der Waals surface area contributed by atoms with Gasteiger partial charge in [-0.2, -0.15) is 13.2 Å². The maximum atomic E-state index is 13.5. The molecule has 3 atom stereocenters. The number of hydrogen-bond donors (Lipinski definition) is 2. The number of rotatable bonds is 6. The van der Waals surface area contributed by atoms with Crippen molar-refractivity contribution in [2.75, 3.05) is 19.8 Å². The average molecular weight is 386 g/mol. The first kappa shape index (κ1) is 20.4. The second-order valence-corrected chi connectivity index (χ2v) is 7.70. The van der Waals surface area contributed by atoms with Gasteiger partial charge < -0.3 is 20.1 Å². The molecule has 0 radical (unpaired) electrons. The summed E-state index contributed by atoms with van der Waals surface area (Å²) in [6, 6.07) is 4.74. The third kappa shape index (κ3) is 5.36. The summed E-state index contributed by atoms with van der Waals surface area (Å²) in [7, 11) is 0. The van der Waals surface area contributed by atoms with E-state index in [1.165, 1.54) is 6.07 Å². The van der Waals surface area contributed by atoms with Crippen molar-refractivity contribution in [2.24, 2.45) is 5.92 Å². The Bertz CT molecular complexity index is 616. The van der Waals surface area contributed by atoms with Crippen molar-refractivity contribution in [3.63, 3.8) is 0 Å². The summed E-state index contributed by atoms with van der Waals surface area (Å²) in [5.41, 5.74) is -0.362. The molecule has 2 N–H and O–H groups in total. The fourth-order valence-corrected chi connectivity index (χ4v) is 4.14. The predicted octanol–water partition coefficient (Wildman–Crippen LogP) is 3.74. The summed E-state index contributed by atoms with van der Waals surface area (Å²) in [5, 5.41) is 6.87. The van der Waals surface area contributed by atoms with Crippen molar-refractivity contribution >= 4 is 0 Å². The summed E-state index contributed by atoms with van der Waals surface area (Å²) in [4.78, 5) is 0. The van der Waals surface area contributed by atoms with Gasteiger partial charge in [0.25, 0.3) is 0 Å². The van der Waals surface area contributed by atoms with E-state index in [1.54, 1.807) is 19.9 Å². The van der Waals surface area contributed by atoms with Gasteiger partial charge in [-0.25, -0.2) is 0 Å². The van der Waals surface area contributed by atoms with Crippen LogP contribution in [0.15, 0.2) is 18.2 Å². The molecule has 27 heavy (non-hydrogen) atoms. The third-order valence-electron chi connectivity index (χ3n) is 5.35. The molecule has 2 fully saturated rings. The number of benzene rings is 1. The Morgan fingerprint density at radius 1 is 1.30 bits per heavy atom. The van der Waals surface area contributed by atoms with Crippen LogP contribution in [0.3, 0.4) is 0 Å². The maximum absolute atomic E-state index is 13.5. The van der Waals surface area contributed by atoms with Crippen LogP contribution in [-0.2, 0) is 17.5 Å². The van der Waals surface area contributed by atoms with Gasteiger partial charge in [0.05, 0.1) is 24.9 Å². The molecule has 3 unspecified atom stereocenters. The quantitative estimate of drug-likeness (QED) is 0.782. The first-order valence-corrected chi connectivity index (χ1v) is 9.76. The van der Waals surface area contributed by atoms with Crippen LogP contribution in [0, 0.1) is 5.92 Å². The third-order valence-corrected chi connectivity index (χ3v) is 5.35. The van der Waals surface area contributed by atoms with E-state index in [2.05, 4.69) is 10.6 Å². The number of nitrogens with one attached hydrogen (secondary N) is 2. The van der Waals surface area contributed by atoms with E-state index >= 15 is 0 Å². The molecule has 1 aromatic carbocycles. The number of hydrogen-bond acceptors (Lipinski definition) is 4. The molecule has 3 rings (SSSR count). The molecule has 1 aliphatic heterocycles. The Kier molecular flexibility index (Phi) is 6.65. The van der Waals surface area contributed by atoms with Crippen LogP contribution >= 0.6 is 0 Å². The number of morpholine rings is 1. The van der Waals surface area contributed by atoms with E-state index in [0.29, 0.717) is 12.5 Å². The summed E-state index contributed by atoms with van der Waals surface area (Å²) >= 11 is 0. The van der Waals surface area contributed by atoms with Crippen molar-refractivity contribution < 1.29 is 22.6 Å². The highest BCUT2D eigenvalue weighted by Crippen LogP contribution is 2.35. The smallest absolute Gasteiger partial charge is 0.416 e. The van der Waals surface area contributed by atoms with Crippen molar-refractivity contribution in [3.8, 4) is 5.75 Å². The Labute approximate surface area is 158 Å². The van der Waals surface area contributed by atoms with Crippen LogP contribution in [0.1, 0.15) is 44.2 Å². The molecular formula is C20H29F3N2O2. The second-order valence-electron chi connectivity index (χ2n) is 7.70. The Balaban J connectivity index is 1.69. The largest absolute Gasteiger partial charge is 0.491 e. The lowest BCUT2D eigenvalue weighted by Crippen LogP contribution is -2.50. The zero-order valence-corrected chi connectivity index (χ0v) is 15.9. The van der Waals surface area contributed by atoms with Crippen molar-refractivity contribution in [1.82, 2.24) is 10.6 Å². The molecule has 152 valence electrons. The van der Waals surface area contributed by atoms with Crippen LogP contribution in [0.2, 0.25) is 0 Å². The van der Waals surface area contributed by atoms with Gasteiger partial charge in [0.1, 0.15) is 5.75 Å². The molecule has 1 saturated carbocycles. The normalized spacial score (nSPS) is 26.5. The van der Waals surface area contributed by atoms with Crippen LogP contribution in [0.25, 0.3) is 0 Å². The lowest BCUT2D eigenvalue weighted by atomic mass is 9.93. The van der Waals surface area contributed by atoms with Crippen LogP contribution in [0.5, 0.6) is 5.75 Å². The number of alkyl halides is 3. The van der Waals surface area contributed by atoms with Crippen molar-refractivity contribution in [3.05, 3.63) is 29.3 Å². The summed E-state index contributed by atoms with van der Waals surface area (Å²) < 4.78 is 51.6. The fourth-order valence-electron chi connectivity index (χ4n) is 4.14. The van der Waals surface area contributed by atoms with Crippen LogP contribution < -0.4 is 15.4 Å². The molecule has 0 bridgehead atoms. The van der Waals surface area contributed by atoms with Gasteiger partial charge in [-0.15, -0.1) is 0 Å². The topological polar surface area (TPSA) is 42.5 Å². The van der Waals surface area contributed by atoms with Gasteiger partial charge in [-0.3, -0.25) is 0 Å². The highest BCUT2D eigenvalue weighted by atomic mass is 19.4. The summed E-state index contributed by atoms with van der Waals surface area (Å²) in [5.74, 6) is 0.645. The molecule has 1 heterocycles. The second kappa shape index (κ2) is 8.80. The molecule has 1 aromatic rings. The standard InChI is InChI=1S/C20H29F3N2O2/c1-13(2)27-15-7-6-14(17(10-15)20(21,22)23)11-25-18-5-3-4-16(18)19-12-26-9-8-24-19/h6-7,10,13,16,18-19,24-25H,3-5,8-9,11-12H2,1-2H3. The van der Waals surface area contributed by atoms with E-state index in [4.69, 9.17) is 9.47 Å². The van der Waals surface area contributed by atoms with E-state index in [1.807, 2.05) is 0 Å². The SMILES string of the molecule is CC(C)Oc1ccc(CNC2CCCC2C2COCCN2)c(C(F)(F)F)c1. The van der Waals surface area contributed by atoms with Crippen molar-refractivity contribution in [2.45, 2.75) is 64.0 Å². The van der Waals surface area contributed by atoms with Crippen LogP contribution in [-0.4, -0.2) is 37.9 Å². The molecule has 1 saturated heterocycles. The van der Waals surface area contributed by atoms with E-state index < -0.39 is 11.7 Å². The van der Waals surface area contributed by atoms with Gasteiger partial charge in [0, 0.05) is 25.2 Å². The zero-order valence-electron chi connectivity index (χ0n) is 15.9. The maximum Gasteiger partial charge on any atom is 0.416 e. The fraction of sp³-hybridized carbons (Fsp3) is 0.700. The van der Waals surface area contributed by atoms with Gasteiger partial charge in [-0.05, 0) is 50.3 Å². The highest BCUT2D eigenvalue weighted by molar-refractivity contribution is 5.37. The monoisotopic (exact) mass is 386 g/mol. The van der Waals surface area contributed by atoms with Crippen LogP contribution in [0.4, 0.5) is 13.2 Å². The van der Waals surface area contributed by atoms with E-state index in [9.17, 15) is 13.2 Å². The molecule has 1 aliphatic carbocycles. The van der Waals surface area contributed by atoms with E-state index in [0.717, 1.165) is 38.5 Å². The first-order valence-electron chi connectivity index (χ1n) is 9.76. The van der Waals surface area contributed by atoms with Gasteiger partial charge in [0.15, 0.2) is 0 Å². The lowest BCUT2D eigenvalue weighted by Gasteiger charge is -2.33. The summed E-state index contributed by atoms with van der Waals surface area (Å²) in [6.07, 6.45) is -1.42. The molecular weight excluding hydrogens is 357 g/mol. The van der Waals surface area contributed by atoms with E-state index in [-0.39, 0.29) is 36.0 Å². The van der Waals surface area contributed by atoms with Crippen molar-refractivity contribution in [1.29, 1.82) is 0 Å². The Morgan fingerprint density at radius 2 is 2.11 bits per heavy atom. The molecule has 0 spiro atoms. The molecule has 2 aliphatic rings. The lowest BCUT2D eigenvalue weighted by molar-refractivity contribution is -0.138. The number of ether oxygens (including phenoxy) is 2. The van der Waals surface area contributed by atoms with Gasteiger partial charge in [0.2, 0.25) is 0 Å². The zero-order chi connectivity index (χ0) is 19.4. The number of halogens is 3. The first-order chi connectivity index (χ1) is 12.8. The predicted molar refractivity (Wildman–Crippen MR) is 97.8 cm³/mol. The van der Waals surface area contributed by atoms with Gasteiger partial charge >= 0.3 is 6.18 Å². The molecule has 4 nitrogen and oxygen atoms in total. The highest BCUT2D eigenvalue weighted by Gasteiger charge is 2.36. The Morgan fingerprint density at radius 3 is 2.78 bits per heavy atom. The minimum Gasteiger partial charge on any atom is -0.491 e. The minimum absolute atomic E-state index is 0.167. The average Bonchev–Trinajstić information content (AvgIpc) is 3.08. The molecule has 0 aromatic heterocycles. The van der Waals surface area contributed by atoms with Gasteiger partial charge in [-0.1, -0.05) is 12.5 Å². The molecule has 7 heteroatoms. The molecule has 0 amide bonds.